The Labute approximate surface area is 179 Å². The van der Waals surface area contributed by atoms with Gasteiger partial charge in [-0.15, -0.1) is 0 Å². The maximum absolute atomic E-state index is 12.1. The van der Waals surface area contributed by atoms with Crippen LogP contribution in [-0.2, 0) is 14.3 Å². The van der Waals surface area contributed by atoms with Gasteiger partial charge in [0.2, 0.25) is 0 Å². The summed E-state index contributed by atoms with van der Waals surface area (Å²) < 4.78 is 10.6. The van der Waals surface area contributed by atoms with Crippen molar-refractivity contribution in [3.8, 4) is 0 Å². The van der Waals surface area contributed by atoms with Crippen molar-refractivity contribution >= 4 is 12.1 Å². The number of hydrogen-bond acceptors (Lipinski definition) is 4. The minimum Gasteiger partial charge on any atom is -0.464 e. The summed E-state index contributed by atoms with van der Waals surface area (Å²) in [6.07, 6.45) is 14.8. The summed E-state index contributed by atoms with van der Waals surface area (Å²) in [7, 11) is 1.57. The first-order valence-electron chi connectivity index (χ1n) is 11.7. The Kier molecular flexibility index (Phi) is 15.8. The molecule has 0 aliphatic carbocycles. The fourth-order valence-electron chi connectivity index (χ4n) is 2.93. The summed E-state index contributed by atoms with van der Waals surface area (Å²) in [5.41, 5.74) is -0.102. The van der Waals surface area contributed by atoms with Crippen LogP contribution in [0.5, 0.6) is 0 Å². The largest absolute Gasteiger partial charge is 0.464 e. The van der Waals surface area contributed by atoms with E-state index in [9.17, 15) is 9.59 Å². The third kappa shape index (κ3) is 16.2. The summed E-state index contributed by atoms with van der Waals surface area (Å²) >= 11 is 0. The van der Waals surface area contributed by atoms with Crippen LogP contribution >= 0.6 is 0 Å². The number of amides is 1. The number of likely N-dealkylation sites (N-methyl/N-ethyl adjacent to an activating group) is 1. The lowest BCUT2D eigenvalue weighted by atomic mass is 9.99. The molecule has 0 N–H and O–H groups in total. The lowest BCUT2D eigenvalue weighted by Crippen LogP contribution is -2.42. The molecule has 0 rings (SSSR count). The zero-order chi connectivity index (χ0) is 22.1. The van der Waals surface area contributed by atoms with E-state index in [0.29, 0.717) is 13.2 Å². The fraction of sp³-hybridized carbons (Fsp3) is 0.917. The van der Waals surface area contributed by atoms with Crippen molar-refractivity contribution in [2.45, 2.75) is 118 Å². The van der Waals surface area contributed by atoms with Crippen molar-refractivity contribution in [1.29, 1.82) is 0 Å². The highest BCUT2D eigenvalue weighted by Gasteiger charge is 2.25. The van der Waals surface area contributed by atoms with Gasteiger partial charge in [0.05, 0.1) is 13.2 Å². The Bertz CT molecular complexity index is 431. The molecule has 0 radical (unpaired) electrons. The molecule has 0 spiro atoms. The Morgan fingerprint density at radius 2 is 1.24 bits per heavy atom. The van der Waals surface area contributed by atoms with Crippen LogP contribution in [0.2, 0.25) is 0 Å². The van der Waals surface area contributed by atoms with Crippen molar-refractivity contribution in [3.05, 3.63) is 0 Å². The van der Waals surface area contributed by atoms with Crippen LogP contribution in [0.1, 0.15) is 112 Å². The first kappa shape index (κ1) is 27.7. The number of rotatable bonds is 16. The minimum absolute atomic E-state index is 0.102. The van der Waals surface area contributed by atoms with Gasteiger partial charge in [-0.2, -0.15) is 0 Å². The van der Waals surface area contributed by atoms with Crippen molar-refractivity contribution in [1.82, 2.24) is 4.90 Å². The van der Waals surface area contributed by atoms with Crippen LogP contribution in [0.25, 0.3) is 0 Å². The van der Waals surface area contributed by atoms with Crippen LogP contribution in [0.15, 0.2) is 0 Å². The highest BCUT2D eigenvalue weighted by molar-refractivity contribution is 5.80. The van der Waals surface area contributed by atoms with Gasteiger partial charge in [0.15, 0.2) is 0 Å². The zero-order valence-corrected chi connectivity index (χ0v) is 20.1. The van der Waals surface area contributed by atoms with Gasteiger partial charge in [-0.25, -0.2) is 9.59 Å². The zero-order valence-electron chi connectivity index (χ0n) is 20.1. The number of ether oxygens (including phenoxy) is 2. The van der Waals surface area contributed by atoms with Gasteiger partial charge < -0.3 is 9.47 Å². The molecule has 0 aromatic carbocycles. The van der Waals surface area contributed by atoms with E-state index in [4.69, 9.17) is 9.47 Å². The first-order chi connectivity index (χ1) is 13.7. The SMILES string of the molecule is CCCCCCCCCCCCCCOC(=O)C(C)N(C)C(=O)OCC(C)(C)C. The lowest BCUT2D eigenvalue weighted by molar-refractivity contribution is -0.148. The molecule has 0 saturated carbocycles. The molecule has 5 nitrogen and oxygen atoms in total. The lowest BCUT2D eigenvalue weighted by Gasteiger charge is -2.25. The standard InChI is InChI=1S/C24H47NO4/c1-7-8-9-10-11-12-13-14-15-16-17-18-19-28-22(26)21(2)25(6)23(27)29-20-24(3,4)5/h21H,7-20H2,1-6H3. The molecule has 1 unspecified atom stereocenters. The van der Waals surface area contributed by atoms with Gasteiger partial charge in [-0.05, 0) is 18.8 Å². The number of hydrogen-bond donors (Lipinski definition) is 0. The van der Waals surface area contributed by atoms with E-state index in [2.05, 4.69) is 6.92 Å². The molecular weight excluding hydrogens is 366 g/mol. The number of carbonyl (C=O) groups excluding carboxylic acids is 2. The van der Waals surface area contributed by atoms with E-state index in [1.54, 1.807) is 14.0 Å². The molecule has 0 aliphatic heterocycles. The summed E-state index contributed by atoms with van der Waals surface area (Å²) in [5, 5.41) is 0. The molecule has 1 atom stereocenters. The van der Waals surface area contributed by atoms with Crippen molar-refractivity contribution in [3.63, 3.8) is 0 Å². The molecular formula is C24H47NO4. The Morgan fingerprint density at radius 3 is 1.69 bits per heavy atom. The summed E-state index contributed by atoms with van der Waals surface area (Å²) in [6, 6.07) is -0.639. The van der Waals surface area contributed by atoms with E-state index in [-0.39, 0.29) is 11.4 Å². The smallest absolute Gasteiger partial charge is 0.410 e. The van der Waals surface area contributed by atoms with Crippen LogP contribution in [0, 0.1) is 5.41 Å². The maximum atomic E-state index is 12.1. The van der Waals surface area contributed by atoms with Gasteiger partial charge in [-0.3, -0.25) is 4.90 Å². The average molecular weight is 414 g/mol. The summed E-state index contributed by atoms with van der Waals surface area (Å²) in [6.45, 7) is 10.6. The second-order valence-electron chi connectivity index (χ2n) is 9.46. The van der Waals surface area contributed by atoms with Crippen LogP contribution < -0.4 is 0 Å². The molecule has 172 valence electrons. The third-order valence-electron chi connectivity index (χ3n) is 5.08. The molecule has 0 heterocycles. The normalized spacial score (nSPS) is 12.5. The third-order valence-corrected chi connectivity index (χ3v) is 5.08. The summed E-state index contributed by atoms with van der Waals surface area (Å²) in [5.74, 6) is -0.372. The number of esters is 1. The number of unbranched alkanes of at least 4 members (excludes halogenated alkanes) is 11. The monoisotopic (exact) mass is 413 g/mol. The molecule has 0 bridgehead atoms. The average Bonchev–Trinajstić information content (AvgIpc) is 2.67. The van der Waals surface area contributed by atoms with Crippen LogP contribution in [-0.4, -0.2) is 43.3 Å². The fourth-order valence-corrected chi connectivity index (χ4v) is 2.93. The molecule has 0 aromatic heterocycles. The molecule has 0 fully saturated rings. The van der Waals surface area contributed by atoms with E-state index in [0.717, 1.165) is 12.8 Å². The van der Waals surface area contributed by atoms with Crippen molar-refractivity contribution < 1.29 is 19.1 Å². The van der Waals surface area contributed by atoms with Gasteiger partial charge in [-0.1, -0.05) is 98.3 Å². The maximum Gasteiger partial charge on any atom is 0.410 e. The van der Waals surface area contributed by atoms with Gasteiger partial charge in [0, 0.05) is 7.05 Å². The van der Waals surface area contributed by atoms with E-state index in [1.165, 1.54) is 69.1 Å². The second kappa shape index (κ2) is 16.5. The number of nitrogens with zero attached hydrogens (tertiary/aromatic N) is 1. The summed E-state index contributed by atoms with van der Waals surface area (Å²) in [4.78, 5) is 25.4. The predicted molar refractivity (Wildman–Crippen MR) is 120 cm³/mol. The van der Waals surface area contributed by atoms with E-state index in [1.807, 2.05) is 20.8 Å². The second-order valence-corrected chi connectivity index (χ2v) is 9.46. The molecule has 0 saturated heterocycles. The molecule has 0 aromatic rings. The topological polar surface area (TPSA) is 55.8 Å². The molecule has 29 heavy (non-hydrogen) atoms. The van der Waals surface area contributed by atoms with Gasteiger partial charge >= 0.3 is 12.1 Å². The number of carbonyl (C=O) groups is 2. The van der Waals surface area contributed by atoms with Crippen LogP contribution in [0.4, 0.5) is 4.79 Å². The Morgan fingerprint density at radius 1 is 0.793 bits per heavy atom. The Balaban J connectivity index is 3.66. The highest BCUT2D eigenvalue weighted by atomic mass is 16.6. The molecule has 5 heteroatoms. The van der Waals surface area contributed by atoms with E-state index < -0.39 is 12.1 Å². The molecule has 0 aliphatic rings. The van der Waals surface area contributed by atoms with Crippen LogP contribution in [0.3, 0.4) is 0 Å². The Hall–Kier alpha value is -1.26. The molecule has 1 amide bonds. The van der Waals surface area contributed by atoms with E-state index >= 15 is 0 Å². The van der Waals surface area contributed by atoms with Gasteiger partial charge in [0.25, 0.3) is 0 Å². The van der Waals surface area contributed by atoms with Crippen molar-refractivity contribution in [2.75, 3.05) is 20.3 Å². The predicted octanol–water partition coefficient (Wildman–Crippen LogP) is 6.73. The highest BCUT2D eigenvalue weighted by Crippen LogP contribution is 2.14. The quantitative estimate of drug-likeness (QED) is 0.208. The first-order valence-corrected chi connectivity index (χ1v) is 11.7. The van der Waals surface area contributed by atoms with Crippen molar-refractivity contribution in [2.24, 2.45) is 5.41 Å². The minimum atomic E-state index is -0.639. The van der Waals surface area contributed by atoms with Gasteiger partial charge in [0.1, 0.15) is 6.04 Å².